The van der Waals surface area contributed by atoms with Crippen LogP contribution in [-0.4, -0.2) is 37.4 Å². The van der Waals surface area contributed by atoms with Crippen molar-refractivity contribution in [2.24, 2.45) is 5.92 Å². The SMILES string of the molecule is COc1c(C)cc(C(=O)CN2CCCC(C)C2)c(C)c1C. The Hall–Kier alpha value is -1.35. The number of hydrogen-bond acceptors (Lipinski definition) is 3. The van der Waals surface area contributed by atoms with Crippen LogP contribution in [0.5, 0.6) is 5.75 Å². The fraction of sp³-hybridized carbons (Fsp3) is 0.611. The molecule has 0 amide bonds. The number of piperidine rings is 1. The Bertz CT molecular complexity index is 537. The lowest BCUT2D eigenvalue weighted by Crippen LogP contribution is -2.38. The number of carbonyl (C=O) groups is 1. The molecule has 1 aliphatic rings. The number of ether oxygens (including phenoxy) is 1. The van der Waals surface area contributed by atoms with E-state index in [2.05, 4.69) is 11.8 Å². The van der Waals surface area contributed by atoms with Crippen molar-refractivity contribution in [1.29, 1.82) is 0 Å². The molecule has 0 saturated carbocycles. The van der Waals surface area contributed by atoms with E-state index in [1.807, 2.05) is 26.8 Å². The van der Waals surface area contributed by atoms with E-state index in [0.717, 1.165) is 41.1 Å². The highest BCUT2D eigenvalue weighted by molar-refractivity contribution is 5.99. The van der Waals surface area contributed by atoms with Gasteiger partial charge in [0, 0.05) is 12.1 Å². The van der Waals surface area contributed by atoms with Crippen molar-refractivity contribution in [2.45, 2.75) is 40.5 Å². The van der Waals surface area contributed by atoms with Gasteiger partial charge in [-0.05, 0) is 68.8 Å². The molecule has 0 N–H and O–H groups in total. The van der Waals surface area contributed by atoms with Crippen LogP contribution in [0.1, 0.15) is 46.8 Å². The van der Waals surface area contributed by atoms with Gasteiger partial charge in [-0.3, -0.25) is 9.69 Å². The summed E-state index contributed by atoms with van der Waals surface area (Å²) in [5.74, 6) is 1.83. The van der Waals surface area contributed by atoms with E-state index in [-0.39, 0.29) is 5.78 Å². The van der Waals surface area contributed by atoms with Crippen LogP contribution in [0.25, 0.3) is 0 Å². The first-order valence-electron chi connectivity index (χ1n) is 7.84. The van der Waals surface area contributed by atoms with Crippen LogP contribution in [0.3, 0.4) is 0 Å². The number of Topliss-reactive ketones (excluding diaryl/α,β-unsaturated/α-hetero) is 1. The van der Waals surface area contributed by atoms with Gasteiger partial charge in [-0.25, -0.2) is 0 Å². The maximum absolute atomic E-state index is 12.7. The molecular weight excluding hydrogens is 262 g/mol. The van der Waals surface area contributed by atoms with Crippen LogP contribution < -0.4 is 4.74 Å². The number of aryl methyl sites for hydroxylation is 1. The third-order valence-corrected chi connectivity index (χ3v) is 4.64. The summed E-state index contributed by atoms with van der Waals surface area (Å²) < 4.78 is 5.43. The molecular formula is C18H27NO2. The molecule has 0 aromatic heterocycles. The maximum atomic E-state index is 12.7. The predicted molar refractivity (Wildman–Crippen MR) is 86.4 cm³/mol. The largest absolute Gasteiger partial charge is 0.496 e. The third-order valence-electron chi connectivity index (χ3n) is 4.64. The molecule has 1 fully saturated rings. The molecule has 1 heterocycles. The smallest absolute Gasteiger partial charge is 0.177 e. The molecule has 1 aromatic rings. The lowest BCUT2D eigenvalue weighted by Gasteiger charge is -2.30. The molecule has 0 aliphatic carbocycles. The number of ketones is 1. The molecule has 3 heteroatoms. The van der Waals surface area contributed by atoms with Crippen molar-refractivity contribution in [2.75, 3.05) is 26.7 Å². The summed E-state index contributed by atoms with van der Waals surface area (Å²) >= 11 is 0. The van der Waals surface area contributed by atoms with E-state index in [9.17, 15) is 4.79 Å². The Labute approximate surface area is 128 Å². The van der Waals surface area contributed by atoms with Gasteiger partial charge in [-0.15, -0.1) is 0 Å². The molecule has 1 atom stereocenters. The zero-order valence-electron chi connectivity index (χ0n) is 14.0. The van der Waals surface area contributed by atoms with Gasteiger partial charge in [-0.1, -0.05) is 6.92 Å². The molecule has 1 unspecified atom stereocenters. The second-order valence-electron chi connectivity index (χ2n) is 6.43. The van der Waals surface area contributed by atoms with Gasteiger partial charge in [-0.2, -0.15) is 0 Å². The minimum absolute atomic E-state index is 0.232. The number of carbonyl (C=O) groups excluding carboxylic acids is 1. The van der Waals surface area contributed by atoms with Crippen LogP contribution in [0, 0.1) is 26.7 Å². The van der Waals surface area contributed by atoms with Crippen LogP contribution in [0.2, 0.25) is 0 Å². The number of nitrogens with zero attached hydrogens (tertiary/aromatic N) is 1. The van der Waals surface area contributed by atoms with Crippen LogP contribution >= 0.6 is 0 Å². The van der Waals surface area contributed by atoms with E-state index >= 15 is 0 Å². The molecule has 1 aliphatic heterocycles. The highest BCUT2D eigenvalue weighted by Gasteiger charge is 2.21. The van der Waals surface area contributed by atoms with Crippen molar-refractivity contribution >= 4 is 5.78 Å². The molecule has 0 spiro atoms. The topological polar surface area (TPSA) is 29.5 Å². The summed E-state index contributed by atoms with van der Waals surface area (Å²) in [6.45, 7) is 10.9. The quantitative estimate of drug-likeness (QED) is 0.794. The van der Waals surface area contributed by atoms with E-state index in [4.69, 9.17) is 4.74 Å². The third kappa shape index (κ3) is 3.46. The molecule has 116 valence electrons. The fourth-order valence-electron chi connectivity index (χ4n) is 3.38. The minimum atomic E-state index is 0.232. The van der Waals surface area contributed by atoms with Gasteiger partial charge in [0.2, 0.25) is 0 Å². The lowest BCUT2D eigenvalue weighted by molar-refractivity contribution is 0.0892. The normalized spacial score (nSPS) is 19.6. The molecule has 1 aromatic carbocycles. The maximum Gasteiger partial charge on any atom is 0.177 e. The Morgan fingerprint density at radius 2 is 2.05 bits per heavy atom. The summed E-state index contributed by atoms with van der Waals surface area (Å²) in [6, 6.07) is 1.98. The van der Waals surface area contributed by atoms with Crippen molar-refractivity contribution < 1.29 is 9.53 Å². The van der Waals surface area contributed by atoms with Gasteiger partial charge >= 0.3 is 0 Å². The molecule has 2 rings (SSSR count). The van der Waals surface area contributed by atoms with Gasteiger partial charge in [0.25, 0.3) is 0 Å². The number of rotatable bonds is 4. The van der Waals surface area contributed by atoms with Gasteiger partial charge in [0.1, 0.15) is 5.75 Å². The van der Waals surface area contributed by atoms with Crippen molar-refractivity contribution in [3.8, 4) is 5.75 Å². The predicted octanol–water partition coefficient (Wildman–Crippen LogP) is 3.54. The van der Waals surface area contributed by atoms with Crippen molar-refractivity contribution in [3.63, 3.8) is 0 Å². The summed E-state index contributed by atoms with van der Waals surface area (Å²) in [5.41, 5.74) is 4.01. The van der Waals surface area contributed by atoms with E-state index in [1.54, 1.807) is 7.11 Å². The van der Waals surface area contributed by atoms with Crippen LogP contribution in [0.4, 0.5) is 0 Å². The molecule has 0 radical (unpaired) electrons. The first kappa shape index (κ1) is 16.0. The standard InChI is InChI=1S/C18H27NO2/c1-12-7-6-8-19(10-12)11-17(20)16-9-13(2)18(21-5)15(4)14(16)3/h9,12H,6-8,10-11H2,1-5H3. The first-order chi connectivity index (χ1) is 9.93. The first-order valence-corrected chi connectivity index (χ1v) is 7.84. The molecule has 21 heavy (non-hydrogen) atoms. The Kier molecular flexibility index (Phi) is 5.04. The Morgan fingerprint density at radius 3 is 2.67 bits per heavy atom. The zero-order valence-corrected chi connectivity index (χ0v) is 14.0. The summed E-state index contributed by atoms with van der Waals surface area (Å²) in [5, 5.41) is 0. The number of likely N-dealkylation sites (tertiary alicyclic amines) is 1. The van der Waals surface area contributed by atoms with E-state index < -0.39 is 0 Å². The fourth-order valence-corrected chi connectivity index (χ4v) is 3.38. The average Bonchev–Trinajstić information content (AvgIpc) is 2.43. The second kappa shape index (κ2) is 6.61. The monoisotopic (exact) mass is 289 g/mol. The molecule has 0 bridgehead atoms. The van der Waals surface area contributed by atoms with Crippen LogP contribution in [-0.2, 0) is 0 Å². The molecule has 3 nitrogen and oxygen atoms in total. The Balaban J connectivity index is 2.19. The van der Waals surface area contributed by atoms with Crippen LogP contribution in [0.15, 0.2) is 6.07 Å². The van der Waals surface area contributed by atoms with Gasteiger partial charge in [0.05, 0.1) is 13.7 Å². The average molecular weight is 289 g/mol. The number of methoxy groups -OCH3 is 1. The Morgan fingerprint density at radius 1 is 1.33 bits per heavy atom. The number of benzene rings is 1. The second-order valence-corrected chi connectivity index (χ2v) is 6.43. The van der Waals surface area contributed by atoms with Gasteiger partial charge < -0.3 is 4.74 Å². The number of hydrogen-bond donors (Lipinski definition) is 0. The molecule has 1 saturated heterocycles. The van der Waals surface area contributed by atoms with Crippen molar-refractivity contribution in [1.82, 2.24) is 4.90 Å². The van der Waals surface area contributed by atoms with E-state index in [1.165, 1.54) is 12.8 Å². The highest BCUT2D eigenvalue weighted by Crippen LogP contribution is 2.29. The summed E-state index contributed by atoms with van der Waals surface area (Å²) in [6.07, 6.45) is 2.48. The van der Waals surface area contributed by atoms with Gasteiger partial charge in [0.15, 0.2) is 5.78 Å². The minimum Gasteiger partial charge on any atom is -0.496 e. The summed E-state index contributed by atoms with van der Waals surface area (Å²) in [7, 11) is 1.69. The summed E-state index contributed by atoms with van der Waals surface area (Å²) in [4.78, 5) is 15.0. The highest BCUT2D eigenvalue weighted by atomic mass is 16.5. The van der Waals surface area contributed by atoms with Crippen molar-refractivity contribution in [3.05, 3.63) is 28.3 Å². The lowest BCUT2D eigenvalue weighted by atomic mass is 9.94. The zero-order chi connectivity index (χ0) is 15.6. The van der Waals surface area contributed by atoms with E-state index in [0.29, 0.717) is 12.5 Å².